The quantitative estimate of drug-likeness (QED) is 0.142. The first-order valence-corrected chi connectivity index (χ1v) is 37.4. The smallest absolute Gasteiger partial charge is 0.201 e. The van der Waals surface area contributed by atoms with Crippen LogP contribution in [0, 0.1) is 124 Å². The molecule has 0 N–H and O–H groups in total. The molecule has 0 aliphatic heterocycles. The Hall–Kier alpha value is -11.4. The Labute approximate surface area is 667 Å². The van der Waals surface area contributed by atoms with E-state index in [0.29, 0.717) is 16.8 Å². The van der Waals surface area contributed by atoms with Gasteiger partial charge < -0.3 is 0 Å². The van der Waals surface area contributed by atoms with Crippen molar-refractivity contribution in [3.05, 3.63) is 374 Å². The zero-order valence-corrected chi connectivity index (χ0v) is 68.6. The molecule has 0 fully saturated rings. The van der Waals surface area contributed by atoms with Crippen molar-refractivity contribution in [1.29, 1.82) is 0 Å². The van der Waals surface area contributed by atoms with Gasteiger partial charge in [-0.1, -0.05) is 127 Å². The maximum Gasteiger partial charge on any atom is 0.215 e. The molecule has 0 saturated heterocycles. The van der Waals surface area contributed by atoms with E-state index in [-0.39, 0.29) is 0 Å². The fourth-order valence-electron chi connectivity index (χ4n) is 13.7. The summed E-state index contributed by atoms with van der Waals surface area (Å²) in [6, 6.07) is 79.9. The van der Waals surface area contributed by atoms with E-state index < -0.39 is 20.6 Å². The van der Waals surface area contributed by atoms with Crippen LogP contribution in [0.15, 0.2) is 274 Å². The molecular formula is C102H120N7+7. The number of aromatic nitrogens is 7. The minimum atomic E-state index is -2.09. The first kappa shape index (κ1) is 70.6. The highest BCUT2D eigenvalue weighted by atomic mass is 15.0. The normalized spacial score (nSPS) is 12.0. The average molecular weight is 1450 g/mol. The van der Waals surface area contributed by atoms with Crippen LogP contribution in [0.2, 0.25) is 0 Å². The molecule has 0 amide bonds. The second-order valence-corrected chi connectivity index (χ2v) is 28.8. The van der Waals surface area contributed by atoms with Crippen LogP contribution >= 0.6 is 0 Å². The van der Waals surface area contributed by atoms with Crippen molar-refractivity contribution < 1.29 is 44.3 Å². The highest BCUT2D eigenvalue weighted by Crippen LogP contribution is 2.29. The van der Waals surface area contributed by atoms with Gasteiger partial charge in [0, 0.05) is 140 Å². The molecule has 0 radical (unpaired) electrons. The lowest BCUT2D eigenvalue weighted by Crippen LogP contribution is -2.34. The molecule has 0 aliphatic rings. The van der Waals surface area contributed by atoms with Gasteiger partial charge in [0.1, 0.15) is 49.3 Å². The molecule has 556 valence electrons. The first-order chi connectivity index (χ1) is 55.6. The third kappa shape index (κ3) is 21.5. The molecule has 7 aromatic carbocycles. The number of aryl methyl sites for hydroxylation is 21. The van der Waals surface area contributed by atoms with E-state index in [1.807, 2.05) is 123 Å². The van der Waals surface area contributed by atoms with Gasteiger partial charge in [-0.25, -0.2) is 27.4 Å². The first-order valence-electron chi connectivity index (χ1n) is 41.9. The van der Waals surface area contributed by atoms with Gasteiger partial charge >= 0.3 is 0 Å². The predicted molar refractivity (Wildman–Crippen MR) is 457 cm³/mol. The van der Waals surface area contributed by atoms with Crippen LogP contribution in [-0.4, -0.2) is 0 Å². The summed E-state index contributed by atoms with van der Waals surface area (Å²) in [6.07, 6.45) is 11.9. The topological polar surface area (TPSA) is 27.2 Å². The van der Waals surface area contributed by atoms with E-state index in [1.54, 1.807) is 42.2 Å². The van der Waals surface area contributed by atoms with Crippen molar-refractivity contribution in [3.8, 4) is 78.8 Å². The number of rotatable bonds is 7. The highest BCUT2D eigenvalue weighted by Gasteiger charge is 2.22. The largest absolute Gasteiger partial charge is 0.215 e. The van der Waals surface area contributed by atoms with Crippen molar-refractivity contribution in [1.82, 2.24) is 0 Å². The van der Waals surface area contributed by atoms with E-state index in [2.05, 4.69) is 294 Å². The van der Waals surface area contributed by atoms with E-state index in [9.17, 15) is 0 Å². The molecular weight excluding hydrogens is 1320 g/mol. The molecule has 14 aromatic rings. The van der Waals surface area contributed by atoms with Crippen molar-refractivity contribution in [3.63, 3.8) is 0 Å². The van der Waals surface area contributed by atoms with Crippen molar-refractivity contribution >= 4 is 0 Å². The summed E-state index contributed by atoms with van der Waals surface area (Å²) in [7, 11) is 14.0. The summed E-state index contributed by atoms with van der Waals surface area (Å²) in [5.74, 6) is 0. The third-order valence-electron chi connectivity index (χ3n) is 20.5. The Morgan fingerprint density at radius 1 is 0.211 bits per heavy atom. The average Bonchev–Trinajstić information content (AvgIpc) is 0.802. The lowest BCUT2D eigenvalue weighted by molar-refractivity contribution is -0.666. The van der Waals surface area contributed by atoms with Gasteiger partial charge in [-0.3, -0.25) is 0 Å². The maximum atomic E-state index is 7.55. The van der Waals surface area contributed by atoms with Gasteiger partial charge in [0.25, 0.3) is 0 Å². The fourth-order valence-corrected chi connectivity index (χ4v) is 13.7. The zero-order valence-electron chi connectivity index (χ0n) is 77.6. The van der Waals surface area contributed by atoms with Crippen LogP contribution < -0.4 is 32.0 Å². The van der Waals surface area contributed by atoms with E-state index >= 15 is 0 Å². The Kier molecular flexibility index (Phi) is 25.2. The molecule has 109 heavy (non-hydrogen) atoms. The Morgan fingerprint density at radius 3 is 1.07 bits per heavy atom. The lowest BCUT2D eigenvalue weighted by Gasteiger charge is -2.10. The molecule has 0 saturated carbocycles. The number of hydrogen-bond acceptors (Lipinski definition) is 0. The summed E-state index contributed by atoms with van der Waals surface area (Å²) in [4.78, 5) is 0. The zero-order chi connectivity index (χ0) is 86.8. The predicted octanol–water partition coefficient (Wildman–Crippen LogP) is 20.8. The minimum absolute atomic E-state index is 0.350. The van der Waals surface area contributed by atoms with Crippen LogP contribution in [0.25, 0.3) is 78.8 Å². The molecule has 14 rings (SSSR count). The summed E-state index contributed by atoms with van der Waals surface area (Å²) in [5.41, 5.74) is 36.9. The molecule has 7 heterocycles. The van der Waals surface area contributed by atoms with Crippen molar-refractivity contribution in [2.45, 2.75) is 124 Å². The number of pyridine rings is 7. The monoisotopic (exact) mass is 1450 g/mol. The van der Waals surface area contributed by atoms with Gasteiger partial charge in [-0.15, -0.1) is 0 Å². The highest BCUT2D eigenvalue weighted by molar-refractivity contribution is 5.68. The van der Waals surface area contributed by atoms with E-state index in [1.165, 1.54) is 117 Å². The standard InChI is InChI=1S/C16H20N.2C15H18N.4C14H16N/c1-11-8-6-7-9-15(11)16-14(4)13(3)12(2)10-17(16)5;1-11-7-5-6-8-14(11)15-9-12(2)13(3)10-16(15)4;1-11-9-10-16(4)15(13(11)3)14-8-6-5-7-12(14)2;1-11-7-4-5-9-13(11)14-12(2)8-6-10-15(14)3;1-11-7-4-5-9-13(11)14-10-6-8-12(2)15(14)3;1-11-8-9-15(3)14(10-11)13-7-5-4-6-12(13)2;1-11-8-9-14(15(3)10-11)13-7-5-4-6-12(13)2/h6-10H,1-5H3;2*5-10H,1-4H3;4*4-10H,1-3H3/q7*+1/i;3D3;;;2D3;;1D3. The fraction of sp³-hybridized carbons (Fsp3) is 0.245. The molecule has 0 atom stereocenters. The molecule has 7 heteroatoms. The van der Waals surface area contributed by atoms with Gasteiger partial charge in [-0.2, -0.15) is 4.57 Å². The van der Waals surface area contributed by atoms with Crippen LogP contribution in [0.3, 0.4) is 0 Å². The number of hydrogen-bond donors (Lipinski definition) is 0. The maximum absolute atomic E-state index is 7.55. The van der Waals surface area contributed by atoms with Gasteiger partial charge in [0.15, 0.2) is 42.9 Å². The van der Waals surface area contributed by atoms with Gasteiger partial charge in [-0.05, 0) is 239 Å². The lowest BCUT2D eigenvalue weighted by atomic mass is 9.97. The Morgan fingerprint density at radius 2 is 0.615 bits per heavy atom. The summed E-state index contributed by atoms with van der Waals surface area (Å²) >= 11 is 0. The molecule has 7 aromatic heterocycles. The minimum Gasteiger partial charge on any atom is -0.201 e. The summed E-state index contributed by atoms with van der Waals surface area (Å²) in [5, 5.41) is 0. The summed E-state index contributed by atoms with van der Waals surface area (Å²) < 4.78 is 81.8. The van der Waals surface area contributed by atoms with Crippen LogP contribution in [0.5, 0.6) is 0 Å². The number of nitrogens with zero attached hydrogens (tertiary/aromatic N) is 7. The second-order valence-electron chi connectivity index (χ2n) is 28.8. The SMILES string of the molecule is Cc1cc[n+](C)c(-c2ccccc2C)c1.Cc1ccccc1-c1c(C)c(C)c(C)c[n+]1C.Cc1ccccc1-c1c(C)c(C)cc[n+]1C.Cc1ccccc1-c1c(C)ccc[n+]1C.[2H]C([2H])([2H])c1c[n+](C)c(-c2ccccc2C)cc1C.[2H]C([2H])([2H])c1ccc(-c2ccccc2C)[n+](C)c1.[2H]C([2H])([2H])c1cccc(-c2ccccc2C)[n+]1C. The molecule has 0 bridgehead atoms. The van der Waals surface area contributed by atoms with Crippen LogP contribution in [-0.2, 0) is 49.3 Å². The van der Waals surface area contributed by atoms with Crippen molar-refractivity contribution in [2.75, 3.05) is 0 Å². The molecule has 7 nitrogen and oxygen atoms in total. The van der Waals surface area contributed by atoms with Crippen LogP contribution in [0.4, 0.5) is 0 Å². The third-order valence-corrected chi connectivity index (χ3v) is 20.5. The Balaban J connectivity index is 0.000000172. The Bertz CT molecular complexity index is 5810. The molecule has 0 aliphatic carbocycles. The van der Waals surface area contributed by atoms with Crippen LogP contribution in [0.1, 0.15) is 113 Å². The van der Waals surface area contributed by atoms with E-state index in [4.69, 9.17) is 12.3 Å². The summed E-state index contributed by atoms with van der Waals surface area (Å²) in [6.45, 7) is 25.6. The van der Waals surface area contributed by atoms with Gasteiger partial charge in [0.05, 0.1) is 0 Å². The number of benzene rings is 7. The second kappa shape index (κ2) is 38.9. The molecule has 0 spiro atoms. The van der Waals surface area contributed by atoms with Crippen molar-refractivity contribution in [2.24, 2.45) is 49.3 Å². The van der Waals surface area contributed by atoms with E-state index in [0.717, 1.165) is 44.9 Å². The van der Waals surface area contributed by atoms with Gasteiger partial charge in [0.2, 0.25) is 39.9 Å². The molecule has 0 unspecified atom stereocenters.